The van der Waals surface area contributed by atoms with E-state index in [0.717, 1.165) is 31.2 Å². The highest BCUT2D eigenvalue weighted by Crippen LogP contribution is 2.51. The topological polar surface area (TPSA) is 169 Å². The first-order valence-corrected chi connectivity index (χ1v) is 25.9. The summed E-state index contributed by atoms with van der Waals surface area (Å²) in [4.78, 5) is 87.2. The molecule has 1 aromatic rings. The molecule has 3 amide bonds. The van der Waals surface area contributed by atoms with Gasteiger partial charge in [0.05, 0.1) is 49.0 Å². The predicted molar refractivity (Wildman–Crippen MR) is 251 cm³/mol. The highest BCUT2D eigenvalue weighted by molar-refractivity contribution is 7.53. The molecule has 368 valence electrons. The number of ether oxygens (including phenoxy) is 3. The van der Waals surface area contributed by atoms with Gasteiger partial charge in [-0.15, -0.1) is 0 Å². The molecule has 0 aromatic heterocycles. The molecule has 0 spiro atoms. The van der Waals surface area contributed by atoms with E-state index in [1.54, 1.807) is 35.8 Å². The summed E-state index contributed by atoms with van der Waals surface area (Å²) < 4.78 is 37.1. The largest absolute Gasteiger partial charge is 0.444 e. The predicted octanol–water partition coefficient (Wildman–Crippen LogP) is 8.50. The molecule has 0 radical (unpaired) electrons. The minimum Gasteiger partial charge on any atom is -0.444 e. The van der Waals surface area contributed by atoms with Gasteiger partial charge in [-0.1, -0.05) is 84.7 Å². The van der Waals surface area contributed by atoms with Gasteiger partial charge in [-0.2, -0.15) is 0 Å². The van der Waals surface area contributed by atoms with Crippen LogP contribution in [-0.2, 0) is 48.9 Å². The maximum atomic E-state index is 14.7. The third-order valence-corrected chi connectivity index (χ3v) is 16.2. The molecular formula is C50H82N3O11P. The van der Waals surface area contributed by atoms with Crippen molar-refractivity contribution < 1.29 is 52.2 Å². The molecule has 1 aliphatic carbocycles. The Morgan fingerprint density at radius 1 is 0.938 bits per heavy atom. The summed E-state index contributed by atoms with van der Waals surface area (Å²) in [5.74, 6) is -2.34. The second-order valence-electron chi connectivity index (χ2n) is 20.4. The maximum Gasteiger partial charge on any atom is 0.411 e. The van der Waals surface area contributed by atoms with Crippen LogP contribution in [0.15, 0.2) is 30.3 Å². The van der Waals surface area contributed by atoms with Crippen LogP contribution in [0.1, 0.15) is 139 Å². The third-order valence-electron chi connectivity index (χ3n) is 14.4. The Balaban J connectivity index is 1.50. The Kier molecular flexibility index (Phi) is 20.3. The van der Waals surface area contributed by atoms with Crippen molar-refractivity contribution in [1.82, 2.24) is 14.7 Å². The number of hydrogen-bond acceptors (Lipinski definition) is 10. The van der Waals surface area contributed by atoms with Crippen LogP contribution in [0.4, 0.5) is 4.79 Å². The number of fused-ring (bicyclic) bond motifs is 2. The van der Waals surface area contributed by atoms with Crippen molar-refractivity contribution in [3.63, 3.8) is 0 Å². The second-order valence-corrected chi connectivity index (χ2v) is 22.6. The Labute approximate surface area is 389 Å². The molecule has 14 nitrogen and oxygen atoms in total. The zero-order valence-electron chi connectivity index (χ0n) is 41.5. The lowest BCUT2D eigenvalue weighted by Gasteiger charge is -2.41. The molecule has 2 saturated heterocycles. The van der Waals surface area contributed by atoms with Crippen LogP contribution in [0.5, 0.6) is 0 Å². The van der Waals surface area contributed by atoms with E-state index in [0.29, 0.717) is 32.2 Å². The van der Waals surface area contributed by atoms with Crippen molar-refractivity contribution in [1.29, 1.82) is 0 Å². The summed E-state index contributed by atoms with van der Waals surface area (Å²) in [6.45, 7) is 17.7. The molecule has 2 heterocycles. The van der Waals surface area contributed by atoms with E-state index in [9.17, 15) is 33.4 Å². The van der Waals surface area contributed by atoms with E-state index in [2.05, 4.69) is 0 Å². The minimum atomic E-state index is -4.18. The summed E-state index contributed by atoms with van der Waals surface area (Å²) in [6, 6.07) is 7.70. The number of carbonyl (C=O) groups is 5. The van der Waals surface area contributed by atoms with Crippen LogP contribution < -0.4 is 0 Å². The lowest BCUT2D eigenvalue weighted by molar-refractivity contribution is -0.149. The van der Waals surface area contributed by atoms with Crippen molar-refractivity contribution in [2.75, 3.05) is 34.4 Å². The number of hydrogen-bond donors (Lipinski definition) is 1. The Morgan fingerprint density at radius 2 is 1.62 bits per heavy atom. The number of carbonyl (C=O) groups excluding carboxylic acids is 5. The van der Waals surface area contributed by atoms with E-state index in [1.807, 2.05) is 85.7 Å². The van der Waals surface area contributed by atoms with Gasteiger partial charge in [0.25, 0.3) is 0 Å². The fourth-order valence-electron chi connectivity index (χ4n) is 10.6. The molecule has 1 saturated carbocycles. The third kappa shape index (κ3) is 14.0. The molecule has 2 aliphatic heterocycles. The van der Waals surface area contributed by atoms with Crippen LogP contribution >= 0.6 is 7.60 Å². The number of piperidine rings is 1. The number of unbranched alkanes of at least 4 members (excludes halogenated alkanes) is 1. The lowest BCUT2D eigenvalue weighted by Crippen LogP contribution is -2.54. The summed E-state index contributed by atoms with van der Waals surface area (Å²) in [5.41, 5.74) is -0.832. The van der Waals surface area contributed by atoms with Gasteiger partial charge in [0, 0.05) is 58.5 Å². The van der Waals surface area contributed by atoms with E-state index < -0.39 is 67.1 Å². The minimum absolute atomic E-state index is 0.0165. The number of nitrogens with zero attached hydrogens (tertiary/aromatic N) is 3. The molecular weight excluding hydrogens is 850 g/mol. The molecule has 3 aliphatic rings. The zero-order chi connectivity index (χ0) is 48.4. The molecule has 2 bridgehead atoms. The molecule has 4 rings (SSSR count). The number of methoxy groups -OCH3 is 2. The normalized spacial score (nSPS) is 23.9. The second kappa shape index (κ2) is 24.2. The van der Waals surface area contributed by atoms with E-state index in [-0.39, 0.29) is 79.5 Å². The van der Waals surface area contributed by atoms with Gasteiger partial charge < -0.3 is 33.4 Å². The molecule has 15 heteroatoms. The van der Waals surface area contributed by atoms with Gasteiger partial charge in [0.2, 0.25) is 11.8 Å². The molecule has 12 atom stereocenters. The summed E-state index contributed by atoms with van der Waals surface area (Å²) in [7, 11) is 0.631. The van der Waals surface area contributed by atoms with Gasteiger partial charge in [-0.05, 0) is 89.0 Å². The first-order chi connectivity index (χ1) is 30.6. The smallest absolute Gasteiger partial charge is 0.411 e. The average molecular weight is 932 g/mol. The SMILES string of the molecule is CCCCOP(=O)(O)[C@@H](CC(=O)[C@H](C)[C@@H](OC)[C@@H]1CCCN1C(=O)C[C@@H](OC)[C@H]([C@@H](C)CC)N(C)C(=O)[C@@H](CC(=O)[C@@H]1[C@H]2CC[C@H](C2)N1C(=O)OC(C)(C)C)C(C)C)Cc1ccccc1. The van der Waals surface area contributed by atoms with Gasteiger partial charge in [-0.25, -0.2) is 4.79 Å². The van der Waals surface area contributed by atoms with E-state index in [1.165, 1.54) is 7.11 Å². The quantitative estimate of drug-likeness (QED) is 0.0737. The monoisotopic (exact) mass is 932 g/mol. The Morgan fingerprint density at radius 3 is 2.20 bits per heavy atom. The van der Waals surface area contributed by atoms with Crippen LogP contribution in [-0.4, -0.2) is 131 Å². The number of ketones is 2. The fourth-order valence-corrected chi connectivity index (χ4v) is 12.0. The summed E-state index contributed by atoms with van der Waals surface area (Å²) in [6.07, 6.45) is 3.99. The van der Waals surface area contributed by atoms with Gasteiger partial charge in [0.1, 0.15) is 11.4 Å². The Hall–Kier alpha value is -3.16. The Bertz CT molecular complexity index is 1790. The first kappa shape index (κ1) is 54.4. The molecule has 65 heavy (non-hydrogen) atoms. The van der Waals surface area contributed by atoms with Crippen LogP contribution in [0.25, 0.3) is 0 Å². The van der Waals surface area contributed by atoms with Crippen LogP contribution in [0, 0.1) is 29.6 Å². The number of benzene rings is 1. The molecule has 1 aromatic carbocycles. The van der Waals surface area contributed by atoms with Gasteiger partial charge in [-0.3, -0.25) is 28.6 Å². The standard InChI is InChI=1S/C50H82N3O11P/c1-13-15-26-63-65(59,60)38(27-35-20-17-16-18-21-35)29-41(54)34(6)47(62-12)40-22-19-25-52(40)44(56)31-43(61-11)45(33(5)14-2)51(10)48(57)39(32(3)4)30-42(55)46-36-23-24-37(28-36)53(46)49(58)64-50(7,8)9/h16-18,20-21,32-34,36-40,43,45-47H,13-15,19,22-31H2,1-12H3,(H,59,60)/t33-,34-,36-,37+,38+,39-,40-,43+,45-,46-,47+/m0/s1. The first-order valence-electron chi connectivity index (χ1n) is 24.3. The van der Waals surface area contributed by atoms with Crippen molar-refractivity contribution in [3.05, 3.63) is 35.9 Å². The highest BCUT2D eigenvalue weighted by atomic mass is 31.2. The van der Waals surface area contributed by atoms with Gasteiger partial charge in [0.15, 0.2) is 5.78 Å². The number of likely N-dealkylation sites (N-methyl/N-ethyl adjacent to an activating group) is 1. The van der Waals surface area contributed by atoms with Crippen LogP contribution in [0.2, 0.25) is 0 Å². The highest BCUT2D eigenvalue weighted by Gasteiger charge is 2.53. The zero-order valence-corrected chi connectivity index (χ0v) is 42.4. The lowest BCUT2D eigenvalue weighted by atomic mass is 9.83. The maximum absolute atomic E-state index is 14.7. The fraction of sp³-hybridized carbons (Fsp3) is 0.780. The van der Waals surface area contributed by atoms with E-state index >= 15 is 0 Å². The molecule has 1 N–H and O–H groups in total. The number of rotatable bonds is 25. The molecule has 3 fully saturated rings. The number of Topliss-reactive ketones (excluding diaryl/α,β-unsaturated/α-hetero) is 2. The number of likely N-dealkylation sites (tertiary alicyclic amines) is 2. The molecule has 1 unspecified atom stereocenters. The van der Waals surface area contributed by atoms with Crippen molar-refractivity contribution >= 4 is 37.1 Å². The average Bonchev–Trinajstić information content (AvgIpc) is 4.02. The van der Waals surface area contributed by atoms with Crippen molar-refractivity contribution in [2.24, 2.45) is 29.6 Å². The number of amides is 3. The summed E-state index contributed by atoms with van der Waals surface area (Å²) >= 11 is 0. The van der Waals surface area contributed by atoms with Crippen molar-refractivity contribution in [2.45, 2.75) is 187 Å². The van der Waals surface area contributed by atoms with Crippen LogP contribution in [0.3, 0.4) is 0 Å². The van der Waals surface area contributed by atoms with Gasteiger partial charge >= 0.3 is 13.7 Å². The van der Waals surface area contributed by atoms with Crippen molar-refractivity contribution in [3.8, 4) is 0 Å². The summed E-state index contributed by atoms with van der Waals surface area (Å²) in [5, 5.41) is 0. The van der Waals surface area contributed by atoms with E-state index in [4.69, 9.17) is 18.7 Å².